The topological polar surface area (TPSA) is 35.5 Å². The first-order valence-electron chi connectivity index (χ1n) is 5.23. The number of allylic oxidation sites excluding steroid dienone is 2. The van der Waals surface area contributed by atoms with Crippen LogP contribution in [-0.4, -0.2) is 13.2 Å². The van der Waals surface area contributed by atoms with Gasteiger partial charge in [0.25, 0.3) is 0 Å². The first-order chi connectivity index (χ1) is 6.64. The van der Waals surface area contributed by atoms with Crippen molar-refractivity contribution < 1.29 is 13.6 Å². The molecule has 0 saturated heterocycles. The summed E-state index contributed by atoms with van der Waals surface area (Å²) in [6.07, 6.45) is 3.50. The minimum absolute atomic E-state index is 0.415. The minimum Gasteiger partial charge on any atom is -0.306 e. The maximum Gasteiger partial charge on any atom is 0.356 e. The van der Waals surface area contributed by atoms with E-state index in [4.69, 9.17) is 9.05 Å². The second kappa shape index (κ2) is 7.22. The second-order valence-corrected chi connectivity index (χ2v) is 4.88. The van der Waals surface area contributed by atoms with Crippen LogP contribution >= 0.6 is 7.60 Å². The third kappa shape index (κ3) is 3.95. The van der Waals surface area contributed by atoms with E-state index in [1.807, 2.05) is 33.8 Å². The van der Waals surface area contributed by atoms with Crippen molar-refractivity contribution in [2.45, 2.75) is 40.5 Å². The molecule has 0 bridgehead atoms. The summed E-state index contributed by atoms with van der Waals surface area (Å²) in [5.74, 6) is 0. The summed E-state index contributed by atoms with van der Waals surface area (Å²) >= 11 is 0. The third-order valence-electron chi connectivity index (χ3n) is 1.75. The van der Waals surface area contributed by atoms with Crippen LogP contribution in [0.4, 0.5) is 0 Å². The van der Waals surface area contributed by atoms with Gasteiger partial charge in [0.1, 0.15) is 0 Å². The molecule has 0 unspecified atom stereocenters. The fourth-order valence-electron chi connectivity index (χ4n) is 1.23. The molecule has 4 heteroatoms. The van der Waals surface area contributed by atoms with Gasteiger partial charge >= 0.3 is 7.60 Å². The Labute approximate surface area is 87.0 Å². The van der Waals surface area contributed by atoms with E-state index in [-0.39, 0.29) is 0 Å². The van der Waals surface area contributed by atoms with Crippen molar-refractivity contribution in [3.05, 3.63) is 11.4 Å². The van der Waals surface area contributed by atoms with Gasteiger partial charge in [-0.2, -0.15) is 0 Å². The lowest BCUT2D eigenvalue weighted by Crippen LogP contribution is -1.98. The molecule has 0 radical (unpaired) electrons. The van der Waals surface area contributed by atoms with Gasteiger partial charge < -0.3 is 9.05 Å². The van der Waals surface area contributed by atoms with Gasteiger partial charge in [0, 0.05) is 5.31 Å². The van der Waals surface area contributed by atoms with E-state index >= 15 is 0 Å². The van der Waals surface area contributed by atoms with Gasteiger partial charge in [0.15, 0.2) is 0 Å². The molecule has 14 heavy (non-hydrogen) atoms. The smallest absolute Gasteiger partial charge is 0.306 e. The molecule has 0 aliphatic carbocycles. The maximum atomic E-state index is 12.2. The SMILES string of the molecule is CC/C=C(\CC)P(=O)(OCC)OCC. The Morgan fingerprint density at radius 1 is 1.14 bits per heavy atom. The van der Waals surface area contributed by atoms with Gasteiger partial charge in [-0.05, 0) is 26.7 Å². The van der Waals surface area contributed by atoms with E-state index in [2.05, 4.69) is 0 Å². The van der Waals surface area contributed by atoms with Gasteiger partial charge in [-0.3, -0.25) is 4.57 Å². The molecular formula is C10H21O3P. The highest BCUT2D eigenvalue weighted by atomic mass is 31.2. The predicted molar refractivity (Wildman–Crippen MR) is 59.5 cm³/mol. The lowest BCUT2D eigenvalue weighted by molar-refractivity contribution is 0.225. The van der Waals surface area contributed by atoms with Crippen LogP contribution in [-0.2, 0) is 13.6 Å². The summed E-state index contributed by atoms with van der Waals surface area (Å²) in [7, 11) is -2.98. The Morgan fingerprint density at radius 2 is 1.64 bits per heavy atom. The van der Waals surface area contributed by atoms with Crippen molar-refractivity contribution in [1.82, 2.24) is 0 Å². The zero-order valence-corrected chi connectivity index (χ0v) is 10.5. The summed E-state index contributed by atoms with van der Waals surface area (Å²) in [5, 5.41) is 0.795. The molecule has 0 aromatic heterocycles. The Bertz CT molecular complexity index is 213. The van der Waals surface area contributed by atoms with Gasteiger partial charge in [0.2, 0.25) is 0 Å². The molecule has 0 aromatic rings. The van der Waals surface area contributed by atoms with Crippen LogP contribution in [0.3, 0.4) is 0 Å². The highest BCUT2D eigenvalue weighted by Gasteiger charge is 2.27. The van der Waals surface area contributed by atoms with Crippen LogP contribution in [0.5, 0.6) is 0 Å². The first-order valence-corrected chi connectivity index (χ1v) is 6.77. The molecule has 0 amide bonds. The van der Waals surface area contributed by atoms with Crippen LogP contribution in [0.2, 0.25) is 0 Å². The van der Waals surface area contributed by atoms with E-state index in [0.717, 1.165) is 11.7 Å². The summed E-state index contributed by atoms with van der Waals surface area (Å²) in [6.45, 7) is 8.45. The lowest BCUT2D eigenvalue weighted by atomic mass is 10.3. The standard InChI is InChI=1S/C10H21O3P/c1-5-9-10(6-2)14(11,12-7-3)13-8-4/h9H,5-8H2,1-4H3/b10-9+. The first kappa shape index (κ1) is 13.9. The zero-order valence-electron chi connectivity index (χ0n) is 9.58. The fourth-order valence-corrected chi connectivity index (χ4v) is 3.11. The van der Waals surface area contributed by atoms with E-state index in [1.165, 1.54) is 0 Å². The van der Waals surface area contributed by atoms with Crippen LogP contribution < -0.4 is 0 Å². The van der Waals surface area contributed by atoms with E-state index in [0.29, 0.717) is 19.6 Å². The van der Waals surface area contributed by atoms with Crippen LogP contribution in [0, 0.1) is 0 Å². The van der Waals surface area contributed by atoms with Gasteiger partial charge in [-0.15, -0.1) is 0 Å². The summed E-state index contributed by atoms with van der Waals surface area (Å²) in [4.78, 5) is 0. The molecule has 0 rings (SSSR count). The Hall–Kier alpha value is -0.110. The van der Waals surface area contributed by atoms with Crippen molar-refractivity contribution >= 4 is 7.60 Å². The highest BCUT2D eigenvalue weighted by Crippen LogP contribution is 2.57. The van der Waals surface area contributed by atoms with Crippen LogP contribution in [0.25, 0.3) is 0 Å². The second-order valence-electron chi connectivity index (χ2n) is 2.79. The number of hydrogen-bond acceptors (Lipinski definition) is 3. The zero-order chi connectivity index (χ0) is 11.0. The number of rotatable bonds is 7. The molecule has 0 aliphatic rings. The fraction of sp³-hybridized carbons (Fsp3) is 0.800. The minimum atomic E-state index is -2.98. The van der Waals surface area contributed by atoms with Gasteiger partial charge in [0.05, 0.1) is 13.2 Å². The average Bonchev–Trinajstić information content (AvgIpc) is 2.14. The van der Waals surface area contributed by atoms with Crippen molar-refractivity contribution in [1.29, 1.82) is 0 Å². The molecule has 0 atom stereocenters. The van der Waals surface area contributed by atoms with Gasteiger partial charge in [-0.25, -0.2) is 0 Å². The molecule has 0 N–H and O–H groups in total. The Kier molecular flexibility index (Phi) is 7.16. The van der Waals surface area contributed by atoms with Crippen molar-refractivity contribution in [2.75, 3.05) is 13.2 Å². The largest absolute Gasteiger partial charge is 0.356 e. The van der Waals surface area contributed by atoms with Crippen LogP contribution in [0.15, 0.2) is 11.4 Å². The van der Waals surface area contributed by atoms with E-state index in [9.17, 15) is 4.57 Å². The molecule has 0 fully saturated rings. The molecule has 0 spiro atoms. The van der Waals surface area contributed by atoms with Crippen molar-refractivity contribution in [3.8, 4) is 0 Å². The summed E-state index contributed by atoms with van der Waals surface area (Å²) < 4.78 is 22.7. The molecule has 3 nitrogen and oxygen atoms in total. The summed E-state index contributed by atoms with van der Waals surface area (Å²) in [5.41, 5.74) is 0. The molecule has 0 aliphatic heterocycles. The van der Waals surface area contributed by atoms with Gasteiger partial charge in [-0.1, -0.05) is 19.9 Å². The lowest BCUT2D eigenvalue weighted by Gasteiger charge is -2.19. The Balaban J connectivity index is 4.76. The molecular weight excluding hydrogens is 199 g/mol. The molecule has 0 saturated carbocycles. The van der Waals surface area contributed by atoms with E-state index < -0.39 is 7.60 Å². The van der Waals surface area contributed by atoms with Crippen molar-refractivity contribution in [2.24, 2.45) is 0 Å². The quantitative estimate of drug-likeness (QED) is 0.609. The number of hydrogen-bond donors (Lipinski definition) is 0. The Morgan fingerprint density at radius 3 is 1.93 bits per heavy atom. The van der Waals surface area contributed by atoms with Crippen LogP contribution in [0.1, 0.15) is 40.5 Å². The van der Waals surface area contributed by atoms with E-state index in [1.54, 1.807) is 0 Å². The highest BCUT2D eigenvalue weighted by molar-refractivity contribution is 7.58. The maximum absolute atomic E-state index is 12.2. The normalized spacial score (nSPS) is 13.3. The summed E-state index contributed by atoms with van der Waals surface area (Å²) in [6, 6.07) is 0. The molecule has 84 valence electrons. The predicted octanol–water partition coefficient (Wildman–Crippen LogP) is 3.96. The molecule has 0 aromatic carbocycles. The molecule has 0 heterocycles. The monoisotopic (exact) mass is 220 g/mol. The average molecular weight is 220 g/mol. The third-order valence-corrected chi connectivity index (χ3v) is 4.15. The van der Waals surface area contributed by atoms with Crippen molar-refractivity contribution in [3.63, 3.8) is 0 Å².